The van der Waals surface area contributed by atoms with E-state index in [0.29, 0.717) is 6.42 Å². The van der Waals surface area contributed by atoms with E-state index in [2.05, 4.69) is 15.9 Å². The Labute approximate surface area is 111 Å². The number of carbonyl (C=O) groups excluding carboxylic acids is 1. The summed E-state index contributed by atoms with van der Waals surface area (Å²) in [5, 5.41) is 0.951. The van der Waals surface area contributed by atoms with Gasteiger partial charge in [-0.1, -0.05) is 15.9 Å². The molecule has 0 aliphatic heterocycles. The molecule has 0 aliphatic carbocycles. The van der Waals surface area contributed by atoms with E-state index in [4.69, 9.17) is 4.74 Å². The summed E-state index contributed by atoms with van der Waals surface area (Å²) in [4.78, 5) is 13.5. The van der Waals surface area contributed by atoms with Crippen molar-refractivity contribution in [2.24, 2.45) is 0 Å². The molecule has 0 saturated carbocycles. The molecule has 0 saturated heterocycles. The van der Waals surface area contributed by atoms with Crippen molar-refractivity contribution in [2.75, 3.05) is 24.4 Å². The van der Waals surface area contributed by atoms with Crippen LogP contribution in [0.2, 0.25) is 0 Å². The Morgan fingerprint density at radius 2 is 1.94 bits per heavy atom. The maximum atomic E-state index is 11.9. The van der Waals surface area contributed by atoms with Crippen molar-refractivity contribution in [3.05, 3.63) is 24.3 Å². The van der Waals surface area contributed by atoms with Gasteiger partial charge in [0.05, 0.1) is 7.11 Å². The Bertz CT molecular complexity index is 351. The van der Waals surface area contributed by atoms with Crippen molar-refractivity contribution in [3.63, 3.8) is 0 Å². The van der Waals surface area contributed by atoms with Crippen LogP contribution in [-0.2, 0) is 4.79 Å². The molecule has 1 aromatic carbocycles. The Kier molecular flexibility index (Phi) is 6.05. The molecule has 0 atom stereocenters. The minimum Gasteiger partial charge on any atom is -0.497 e. The molecule has 94 valence electrons. The Morgan fingerprint density at radius 1 is 1.29 bits per heavy atom. The predicted molar refractivity (Wildman–Crippen MR) is 74.0 cm³/mol. The van der Waals surface area contributed by atoms with Crippen molar-refractivity contribution in [3.8, 4) is 5.75 Å². The van der Waals surface area contributed by atoms with Crippen LogP contribution < -0.4 is 9.64 Å². The van der Waals surface area contributed by atoms with Crippen LogP contribution in [0.25, 0.3) is 0 Å². The third-order valence-electron chi connectivity index (χ3n) is 2.61. The fraction of sp³-hybridized carbons (Fsp3) is 0.462. The fourth-order valence-corrected chi connectivity index (χ4v) is 1.88. The standard InChI is InChI=1S/C13H18BrNO2/c1-15(13(16)5-3-4-10-14)11-6-8-12(17-2)9-7-11/h6-9H,3-5,10H2,1-2H3. The van der Waals surface area contributed by atoms with Crippen LogP contribution >= 0.6 is 15.9 Å². The summed E-state index contributed by atoms with van der Waals surface area (Å²) in [7, 11) is 3.43. The van der Waals surface area contributed by atoms with E-state index in [1.54, 1.807) is 19.1 Å². The first-order valence-electron chi connectivity index (χ1n) is 5.65. The molecule has 0 aliphatic rings. The molecule has 4 heteroatoms. The first kappa shape index (κ1) is 14.0. The molecule has 0 bridgehead atoms. The number of anilines is 1. The van der Waals surface area contributed by atoms with Crippen molar-refractivity contribution in [2.45, 2.75) is 19.3 Å². The van der Waals surface area contributed by atoms with E-state index in [-0.39, 0.29) is 5.91 Å². The minimum atomic E-state index is 0.149. The average molecular weight is 300 g/mol. The van der Waals surface area contributed by atoms with E-state index >= 15 is 0 Å². The smallest absolute Gasteiger partial charge is 0.226 e. The summed E-state index contributed by atoms with van der Waals surface area (Å²) >= 11 is 3.36. The molecule has 1 aromatic rings. The maximum absolute atomic E-state index is 11.9. The van der Waals surface area contributed by atoms with E-state index in [1.165, 1.54) is 0 Å². The Balaban J connectivity index is 2.55. The molecule has 0 spiro atoms. The number of hydrogen-bond donors (Lipinski definition) is 0. The number of ether oxygens (including phenoxy) is 1. The maximum Gasteiger partial charge on any atom is 0.226 e. The van der Waals surface area contributed by atoms with Gasteiger partial charge >= 0.3 is 0 Å². The van der Waals surface area contributed by atoms with Gasteiger partial charge in [-0.2, -0.15) is 0 Å². The van der Waals surface area contributed by atoms with Crippen molar-refractivity contribution >= 4 is 27.5 Å². The number of halogens is 1. The average Bonchev–Trinajstić information content (AvgIpc) is 2.38. The highest BCUT2D eigenvalue weighted by molar-refractivity contribution is 9.09. The summed E-state index contributed by atoms with van der Waals surface area (Å²) in [6, 6.07) is 7.50. The van der Waals surface area contributed by atoms with E-state index in [9.17, 15) is 4.79 Å². The van der Waals surface area contributed by atoms with Gasteiger partial charge in [-0.3, -0.25) is 4.79 Å². The quantitative estimate of drug-likeness (QED) is 0.596. The van der Waals surface area contributed by atoms with Crippen LogP contribution in [0.5, 0.6) is 5.75 Å². The SMILES string of the molecule is COc1ccc(N(C)C(=O)CCCCBr)cc1. The van der Waals surface area contributed by atoms with Crippen molar-refractivity contribution in [1.29, 1.82) is 0 Å². The van der Waals surface area contributed by atoms with Gasteiger partial charge in [0.15, 0.2) is 0 Å². The number of rotatable bonds is 6. The molecule has 1 rings (SSSR count). The first-order valence-corrected chi connectivity index (χ1v) is 6.77. The molecule has 0 unspecified atom stereocenters. The normalized spacial score (nSPS) is 10.1. The highest BCUT2D eigenvalue weighted by Gasteiger charge is 2.10. The Morgan fingerprint density at radius 3 is 2.47 bits per heavy atom. The second-order valence-electron chi connectivity index (χ2n) is 3.80. The molecule has 0 radical (unpaired) electrons. The molecule has 0 fully saturated rings. The summed E-state index contributed by atoms with van der Waals surface area (Å²) in [5.41, 5.74) is 0.898. The number of unbranched alkanes of at least 4 members (excludes halogenated alkanes) is 1. The molecular formula is C13H18BrNO2. The number of carbonyl (C=O) groups is 1. The molecule has 0 heterocycles. The van der Waals surface area contributed by atoms with Crippen LogP contribution in [0.4, 0.5) is 5.69 Å². The van der Waals surface area contributed by atoms with Crippen LogP contribution in [0.15, 0.2) is 24.3 Å². The third-order valence-corrected chi connectivity index (χ3v) is 3.17. The largest absolute Gasteiger partial charge is 0.497 e. The third kappa shape index (κ3) is 4.38. The lowest BCUT2D eigenvalue weighted by Crippen LogP contribution is -2.25. The van der Waals surface area contributed by atoms with Gasteiger partial charge in [0, 0.05) is 24.5 Å². The van der Waals surface area contributed by atoms with Gasteiger partial charge in [0.25, 0.3) is 0 Å². The van der Waals surface area contributed by atoms with Crippen LogP contribution in [0.1, 0.15) is 19.3 Å². The minimum absolute atomic E-state index is 0.149. The number of benzene rings is 1. The number of alkyl halides is 1. The van der Waals surface area contributed by atoms with E-state index in [0.717, 1.165) is 29.6 Å². The molecule has 1 amide bonds. The van der Waals surface area contributed by atoms with Gasteiger partial charge in [-0.25, -0.2) is 0 Å². The van der Waals surface area contributed by atoms with Gasteiger partial charge < -0.3 is 9.64 Å². The van der Waals surface area contributed by atoms with E-state index < -0.39 is 0 Å². The summed E-state index contributed by atoms with van der Waals surface area (Å²) in [5.74, 6) is 0.949. The highest BCUT2D eigenvalue weighted by atomic mass is 79.9. The predicted octanol–water partition coefficient (Wildman–Crippen LogP) is 3.22. The number of hydrogen-bond acceptors (Lipinski definition) is 2. The van der Waals surface area contributed by atoms with Gasteiger partial charge in [-0.15, -0.1) is 0 Å². The van der Waals surface area contributed by atoms with Gasteiger partial charge in [0.1, 0.15) is 5.75 Å². The Hall–Kier alpha value is -1.03. The number of methoxy groups -OCH3 is 1. The zero-order chi connectivity index (χ0) is 12.7. The lowest BCUT2D eigenvalue weighted by molar-refractivity contribution is -0.118. The lowest BCUT2D eigenvalue weighted by atomic mass is 10.2. The molecule has 17 heavy (non-hydrogen) atoms. The summed E-state index contributed by atoms with van der Waals surface area (Å²) in [6.45, 7) is 0. The van der Waals surface area contributed by atoms with Crippen LogP contribution in [0, 0.1) is 0 Å². The molecule has 0 aromatic heterocycles. The van der Waals surface area contributed by atoms with Crippen molar-refractivity contribution in [1.82, 2.24) is 0 Å². The van der Waals surface area contributed by atoms with Gasteiger partial charge in [-0.05, 0) is 37.1 Å². The topological polar surface area (TPSA) is 29.5 Å². The van der Waals surface area contributed by atoms with Crippen molar-refractivity contribution < 1.29 is 9.53 Å². The zero-order valence-corrected chi connectivity index (χ0v) is 11.9. The fourth-order valence-electron chi connectivity index (χ4n) is 1.49. The lowest BCUT2D eigenvalue weighted by Gasteiger charge is -2.17. The number of amides is 1. The van der Waals surface area contributed by atoms with Crippen LogP contribution in [0.3, 0.4) is 0 Å². The monoisotopic (exact) mass is 299 g/mol. The van der Waals surface area contributed by atoms with Gasteiger partial charge in [0.2, 0.25) is 5.91 Å². The summed E-state index contributed by atoms with van der Waals surface area (Å²) < 4.78 is 5.08. The molecular weight excluding hydrogens is 282 g/mol. The van der Waals surface area contributed by atoms with Crippen LogP contribution in [-0.4, -0.2) is 25.4 Å². The summed E-state index contributed by atoms with van der Waals surface area (Å²) in [6.07, 6.45) is 2.54. The highest BCUT2D eigenvalue weighted by Crippen LogP contribution is 2.19. The molecule has 0 N–H and O–H groups in total. The number of nitrogens with zero attached hydrogens (tertiary/aromatic N) is 1. The first-order chi connectivity index (χ1) is 8.19. The molecule has 3 nitrogen and oxygen atoms in total. The second kappa shape index (κ2) is 7.33. The zero-order valence-electron chi connectivity index (χ0n) is 10.3. The van der Waals surface area contributed by atoms with E-state index in [1.807, 2.05) is 24.3 Å². The second-order valence-corrected chi connectivity index (χ2v) is 4.59.